The summed E-state index contributed by atoms with van der Waals surface area (Å²) >= 11 is 3.36. The minimum atomic E-state index is -0.728. The Bertz CT molecular complexity index is 347. The number of nitrogen functional groups attached to an aromatic ring is 1. The first-order chi connectivity index (χ1) is 6.79. The van der Waals surface area contributed by atoms with Crippen molar-refractivity contribution in [2.45, 2.75) is 19.4 Å². The molecule has 0 amide bonds. The fourth-order valence-corrected chi connectivity index (χ4v) is 1.92. The molecule has 0 aromatic heterocycles. The Morgan fingerprint density at radius 2 is 2.07 bits per heavy atom. The fraction of sp³-hybridized carbons (Fsp3) is 0.455. The lowest BCUT2D eigenvalue weighted by Crippen LogP contribution is -2.36. The van der Waals surface area contributed by atoms with Gasteiger partial charge in [0.1, 0.15) is 0 Å². The molecule has 0 radical (unpaired) electrons. The van der Waals surface area contributed by atoms with Crippen LogP contribution < -0.4 is 10.6 Å². The molecule has 1 aromatic carbocycles. The van der Waals surface area contributed by atoms with Gasteiger partial charge in [0.15, 0.2) is 0 Å². The van der Waals surface area contributed by atoms with E-state index < -0.39 is 5.60 Å². The molecule has 1 rings (SSSR count). The second kappa shape index (κ2) is 4.41. The molecule has 3 N–H and O–H groups in total. The van der Waals surface area contributed by atoms with E-state index in [9.17, 15) is 5.11 Å². The van der Waals surface area contributed by atoms with Gasteiger partial charge in [-0.15, -0.1) is 0 Å². The number of likely N-dealkylation sites (N-methyl/N-ethyl adjacent to an activating group) is 1. The van der Waals surface area contributed by atoms with E-state index in [2.05, 4.69) is 15.9 Å². The third-order valence-electron chi connectivity index (χ3n) is 2.02. The summed E-state index contributed by atoms with van der Waals surface area (Å²) in [6, 6.07) is 5.73. The Balaban J connectivity index is 2.87. The van der Waals surface area contributed by atoms with Crippen molar-refractivity contribution >= 4 is 27.3 Å². The van der Waals surface area contributed by atoms with E-state index in [1.807, 2.05) is 30.1 Å². The highest BCUT2D eigenvalue weighted by Crippen LogP contribution is 2.26. The van der Waals surface area contributed by atoms with Crippen molar-refractivity contribution in [2.24, 2.45) is 0 Å². The van der Waals surface area contributed by atoms with Crippen LogP contribution in [0, 0.1) is 0 Å². The molecule has 4 heteroatoms. The van der Waals surface area contributed by atoms with Crippen molar-refractivity contribution in [1.82, 2.24) is 0 Å². The van der Waals surface area contributed by atoms with E-state index in [1.165, 1.54) is 0 Å². The fourth-order valence-electron chi connectivity index (χ4n) is 1.54. The summed E-state index contributed by atoms with van der Waals surface area (Å²) in [7, 11) is 1.91. The number of nitrogens with two attached hydrogens (primary N) is 1. The second-order valence-corrected chi connectivity index (χ2v) is 5.29. The van der Waals surface area contributed by atoms with Crippen LogP contribution in [0.4, 0.5) is 11.4 Å². The van der Waals surface area contributed by atoms with Crippen molar-refractivity contribution in [3.63, 3.8) is 0 Å². The van der Waals surface area contributed by atoms with Crippen molar-refractivity contribution in [2.75, 3.05) is 24.2 Å². The lowest BCUT2D eigenvalue weighted by molar-refractivity contribution is 0.0886. The number of halogens is 1. The molecular formula is C11H17BrN2O. The summed E-state index contributed by atoms with van der Waals surface area (Å²) in [5.41, 5.74) is 6.80. The van der Waals surface area contributed by atoms with Crippen LogP contribution >= 0.6 is 15.9 Å². The Hall–Kier alpha value is -0.740. The SMILES string of the molecule is CN(CC(C)(C)O)c1ccc(Br)cc1N. The van der Waals surface area contributed by atoms with Gasteiger partial charge in [0.25, 0.3) is 0 Å². The summed E-state index contributed by atoms with van der Waals surface area (Å²) in [5, 5.41) is 9.70. The number of aliphatic hydroxyl groups is 1. The highest BCUT2D eigenvalue weighted by atomic mass is 79.9. The van der Waals surface area contributed by atoms with Crippen LogP contribution in [0.15, 0.2) is 22.7 Å². The summed E-state index contributed by atoms with van der Waals surface area (Å²) in [6.07, 6.45) is 0. The van der Waals surface area contributed by atoms with Crippen LogP contribution in [0.1, 0.15) is 13.8 Å². The Morgan fingerprint density at radius 1 is 1.47 bits per heavy atom. The van der Waals surface area contributed by atoms with E-state index in [0.717, 1.165) is 10.2 Å². The van der Waals surface area contributed by atoms with Crippen molar-refractivity contribution in [3.05, 3.63) is 22.7 Å². The van der Waals surface area contributed by atoms with Gasteiger partial charge in [-0.1, -0.05) is 15.9 Å². The summed E-state index contributed by atoms with van der Waals surface area (Å²) < 4.78 is 0.959. The van der Waals surface area contributed by atoms with Gasteiger partial charge in [0.05, 0.1) is 17.0 Å². The number of hydrogen-bond donors (Lipinski definition) is 2. The zero-order valence-electron chi connectivity index (χ0n) is 9.29. The van der Waals surface area contributed by atoms with Crippen LogP contribution in [-0.2, 0) is 0 Å². The topological polar surface area (TPSA) is 49.5 Å². The maximum atomic E-state index is 9.70. The third kappa shape index (κ3) is 3.72. The molecule has 0 spiro atoms. The van der Waals surface area contributed by atoms with Crippen molar-refractivity contribution < 1.29 is 5.11 Å². The van der Waals surface area contributed by atoms with E-state index in [-0.39, 0.29) is 0 Å². The van der Waals surface area contributed by atoms with Gasteiger partial charge in [0, 0.05) is 18.1 Å². The van der Waals surface area contributed by atoms with Crippen molar-refractivity contribution in [1.29, 1.82) is 0 Å². The van der Waals surface area contributed by atoms with Crippen molar-refractivity contribution in [3.8, 4) is 0 Å². The molecule has 0 bridgehead atoms. The minimum absolute atomic E-state index is 0.541. The molecule has 0 aliphatic carbocycles. The quantitative estimate of drug-likeness (QED) is 0.830. The Morgan fingerprint density at radius 3 is 2.53 bits per heavy atom. The lowest BCUT2D eigenvalue weighted by atomic mass is 10.1. The van der Waals surface area contributed by atoms with E-state index >= 15 is 0 Å². The first-order valence-corrected chi connectivity index (χ1v) is 5.57. The molecule has 0 heterocycles. The first-order valence-electron chi connectivity index (χ1n) is 4.78. The standard InChI is InChI=1S/C11H17BrN2O/c1-11(2,15)7-14(3)10-5-4-8(12)6-9(10)13/h4-6,15H,7,13H2,1-3H3. The Kier molecular flexibility index (Phi) is 3.62. The largest absolute Gasteiger partial charge is 0.397 e. The molecule has 0 fully saturated rings. The van der Waals surface area contributed by atoms with E-state index in [4.69, 9.17) is 5.73 Å². The average Bonchev–Trinajstić information content (AvgIpc) is 1.99. The smallest absolute Gasteiger partial charge is 0.0765 e. The minimum Gasteiger partial charge on any atom is -0.397 e. The van der Waals surface area contributed by atoms with Crippen LogP contribution in [0.25, 0.3) is 0 Å². The number of anilines is 2. The highest BCUT2D eigenvalue weighted by Gasteiger charge is 2.17. The Labute approximate surface area is 99.0 Å². The third-order valence-corrected chi connectivity index (χ3v) is 2.52. The predicted molar refractivity (Wildman–Crippen MR) is 68.1 cm³/mol. The molecule has 0 aliphatic rings. The van der Waals surface area contributed by atoms with Gasteiger partial charge in [-0.3, -0.25) is 0 Å². The molecule has 84 valence electrons. The van der Waals surface area contributed by atoms with Crippen LogP contribution in [0.2, 0.25) is 0 Å². The normalized spacial score (nSPS) is 11.5. The zero-order valence-corrected chi connectivity index (χ0v) is 10.9. The predicted octanol–water partition coefficient (Wildman–Crippen LogP) is 2.24. The molecule has 1 aromatic rings. The number of benzene rings is 1. The monoisotopic (exact) mass is 272 g/mol. The molecule has 0 saturated carbocycles. The number of rotatable bonds is 3. The van der Waals surface area contributed by atoms with E-state index in [0.29, 0.717) is 12.2 Å². The van der Waals surface area contributed by atoms with Crippen LogP contribution in [-0.4, -0.2) is 24.3 Å². The van der Waals surface area contributed by atoms with E-state index in [1.54, 1.807) is 13.8 Å². The lowest BCUT2D eigenvalue weighted by Gasteiger charge is -2.28. The molecule has 0 atom stereocenters. The maximum absolute atomic E-state index is 9.70. The van der Waals surface area contributed by atoms with Gasteiger partial charge in [-0.2, -0.15) is 0 Å². The zero-order chi connectivity index (χ0) is 11.6. The molecule has 3 nitrogen and oxygen atoms in total. The summed E-state index contributed by atoms with van der Waals surface area (Å²) in [5.74, 6) is 0. The molecule has 0 aliphatic heterocycles. The molecule has 0 saturated heterocycles. The number of nitrogens with zero attached hydrogens (tertiary/aromatic N) is 1. The molecule has 0 unspecified atom stereocenters. The van der Waals surface area contributed by atoms with Crippen LogP contribution in [0.5, 0.6) is 0 Å². The van der Waals surface area contributed by atoms with Gasteiger partial charge in [-0.25, -0.2) is 0 Å². The highest BCUT2D eigenvalue weighted by molar-refractivity contribution is 9.10. The second-order valence-electron chi connectivity index (χ2n) is 4.37. The summed E-state index contributed by atoms with van der Waals surface area (Å²) in [4.78, 5) is 1.95. The summed E-state index contributed by atoms with van der Waals surface area (Å²) in [6.45, 7) is 4.09. The van der Waals surface area contributed by atoms with Gasteiger partial charge in [0.2, 0.25) is 0 Å². The average molecular weight is 273 g/mol. The van der Waals surface area contributed by atoms with Crippen LogP contribution in [0.3, 0.4) is 0 Å². The maximum Gasteiger partial charge on any atom is 0.0765 e. The first kappa shape index (κ1) is 12.3. The molecule has 15 heavy (non-hydrogen) atoms. The van der Waals surface area contributed by atoms with Gasteiger partial charge in [-0.05, 0) is 32.0 Å². The van der Waals surface area contributed by atoms with Gasteiger partial charge < -0.3 is 15.7 Å². The molecular weight excluding hydrogens is 256 g/mol. The number of hydrogen-bond acceptors (Lipinski definition) is 3. The van der Waals surface area contributed by atoms with Gasteiger partial charge >= 0.3 is 0 Å².